The molecule has 1 aliphatic rings. The molecular weight excluding hydrogens is 378 g/mol. The van der Waals surface area contributed by atoms with Gasteiger partial charge in [-0.2, -0.15) is 0 Å². The van der Waals surface area contributed by atoms with Crippen LogP contribution in [0, 0.1) is 17.0 Å². The van der Waals surface area contributed by atoms with Gasteiger partial charge < -0.3 is 9.64 Å². The molecule has 0 bridgehead atoms. The smallest absolute Gasteiger partial charge is 0.274 e. The van der Waals surface area contributed by atoms with Crippen LogP contribution in [0.4, 0.5) is 5.69 Å². The first-order valence-corrected chi connectivity index (χ1v) is 9.89. The molecule has 0 aliphatic carbocycles. The first-order chi connectivity index (χ1) is 13.5. The molecule has 0 N–H and O–H groups in total. The van der Waals surface area contributed by atoms with Crippen molar-refractivity contribution in [2.75, 3.05) is 13.1 Å². The molecule has 144 valence electrons. The van der Waals surface area contributed by atoms with Crippen LogP contribution in [0.2, 0.25) is 0 Å². The van der Waals surface area contributed by atoms with Crippen molar-refractivity contribution < 1.29 is 14.5 Å². The number of carbonyl (C=O) groups excluding carboxylic acids is 1. The highest BCUT2D eigenvalue weighted by atomic mass is 32.1. The van der Waals surface area contributed by atoms with Gasteiger partial charge in [0.1, 0.15) is 6.10 Å². The zero-order valence-corrected chi connectivity index (χ0v) is 16.1. The number of nitro benzene ring substituents is 1. The lowest BCUT2D eigenvalue weighted by Crippen LogP contribution is -2.41. The number of aromatic nitrogens is 1. The molecule has 4 rings (SSSR count). The van der Waals surface area contributed by atoms with E-state index in [1.165, 1.54) is 29.5 Å². The van der Waals surface area contributed by atoms with Crippen LogP contribution in [0.25, 0.3) is 10.2 Å². The molecule has 2 aromatic carbocycles. The Morgan fingerprint density at radius 2 is 2.00 bits per heavy atom. The summed E-state index contributed by atoms with van der Waals surface area (Å²) in [4.78, 5) is 29.4. The van der Waals surface area contributed by atoms with Gasteiger partial charge in [-0.05, 0) is 24.6 Å². The monoisotopic (exact) mass is 397 g/mol. The van der Waals surface area contributed by atoms with Crippen molar-refractivity contribution in [3.8, 4) is 5.19 Å². The fourth-order valence-corrected chi connectivity index (χ4v) is 4.33. The van der Waals surface area contributed by atoms with Gasteiger partial charge in [0.15, 0.2) is 0 Å². The Kier molecular flexibility index (Phi) is 4.95. The van der Waals surface area contributed by atoms with E-state index < -0.39 is 4.92 Å². The molecule has 0 unspecified atom stereocenters. The van der Waals surface area contributed by atoms with Crippen LogP contribution >= 0.6 is 11.3 Å². The van der Waals surface area contributed by atoms with Gasteiger partial charge in [0, 0.05) is 43.6 Å². The topological polar surface area (TPSA) is 85.6 Å². The van der Waals surface area contributed by atoms with Gasteiger partial charge in [-0.3, -0.25) is 14.9 Å². The highest BCUT2D eigenvalue weighted by Crippen LogP contribution is 2.31. The predicted molar refractivity (Wildman–Crippen MR) is 107 cm³/mol. The predicted octanol–water partition coefficient (Wildman–Crippen LogP) is 4.20. The molecule has 1 aromatic heterocycles. The van der Waals surface area contributed by atoms with Gasteiger partial charge in [-0.1, -0.05) is 29.5 Å². The third-order valence-corrected chi connectivity index (χ3v) is 5.81. The number of aryl methyl sites for hydroxylation is 1. The largest absolute Gasteiger partial charge is 0.467 e. The quantitative estimate of drug-likeness (QED) is 0.487. The molecule has 7 nitrogen and oxygen atoms in total. The van der Waals surface area contributed by atoms with Crippen molar-refractivity contribution in [3.63, 3.8) is 0 Å². The SMILES string of the molecule is Cc1cccc2sc(OC3CCN(C(=O)c4cccc([N+](=O)[O-])c4)CC3)nc12. The number of fused-ring (bicyclic) bond motifs is 1. The van der Waals surface area contributed by atoms with Gasteiger partial charge in [-0.15, -0.1) is 0 Å². The molecule has 28 heavy (non-hydrogen) atoms. The first-order valence-electron chi connectivity index (χ1n) is 9.08. The van der Waals surface area contributed by atoms with Crippen LogP contribution in [0.15, 0.2) is 42.5 Å². The van der Waals surface area contributed by atoms with Crippen LogP contribution in [-0.2, 0) is 0 Å². The van der Waals surface area contributed by atoms with Crippen molar-refractivity contribution in [1.82, 2.24) is 9.88 Å². The molecule has 0 atom stereocenters. The summed E-state index contributed by atoms with van der Waals surface area (Å²) in [5, 5.41) is 11.6. The van der Waals surface area contributed by atoms with Crippen molar-refractivity contribution in [1.29, 1.82) is 0 Å². The van der Waals surface area contributed by atoms with Crippen LogP contribution < -0.4 is 4.74 Å². The molecular formula is C20H19N3O4S. The molecule has 2 heterocycles. The third-order valence-electron chi connectivity index (χ3n) is 4.90. The average Bonchev–Trinajstić information content (AvgIpc) is 3.12. The second-order valence-corrected chi connectivity index (χ2v) is 7.81. The molecule has 0 saturated carbocycles. The Bertz CT molecular complexity index is 1040. The summed E-state index contributed by atoms with van der Waals surface area (Å²) in [6.45, 7) is 3.14. The Hall–Kier alpha value is -3.00. The molecule has 1 amide bonds. The lowest BCUT2D eigenvalue weighted by molar-refractivity contribution is -0.384. The fourth-order valence-electron chi connectivity index (χ4n) is 3.37. The number of piperidine rings is 1. The molecule has 8 heteroatoms. The van der Waals surface area contributed by atoms with Gasteiger partial charge >= 0.3 is 0 Å². The summed E-state index contributed by atoms with van der Waals surface area (Å²) in [6.07, 6.45) is 1.42. The molecule has 3 aromatic rings. The average molecular weight is 397 g/mol. The van der Waals surface area contributed by atoms with E-state index in [-0.39, 0.29) is 17.7 Å². The maximum Gasteiger partial charge on any atom is 0.274 e. The summed E-state index contributed by atoms with van der Waals surface area (Å²) in [6, 6.07) is 11.9. The number of hydrogen-bond acceptors (Lipinski definition) is 6. The second kappa shape index (κ2) is 7.55. The minimum absolute atomic E-state index is 0.00929. The molecule has 1 saturated heterocycles. The summed E-state index contributed by atoms with van der Waals surface area (Å²) in [5.41, 5.74) is 2.37. The van der Waals surface area contributed by atoms with Crippen molar-refractivity contribution in [3.05, 3.63) is 63.7 Å². The Morgan fingerprint density at radius 3 is 2.71 bits per heavy atom. The zero-order chi connectivity index (χ0) is 19.7. The van der Waals surface area contributed by atoms with E-state index in [2.05, 4.69) is 4.98 Å². The first kappa shape index (κ1) is 18.4. The molecule has 0 radical (unpaired) electrons. The minimum atomic E-state index is -0.490. The standard InChI is InChI=1S/C20H19N3O4S/c1-13-4-2-7-17-18(13)21-20(28-17)27-16-8-10-22(11-9-16)19(24)14-5-3-6-15(12-14)23(25)26/h2-7,12,16H,8-11H2,1H3. The third kappa shape index (κ3) is 3.68. The number of rotatable bonds is 4. The van der Waals surface area contributed by atoms with Crippen molar-refractivity contribution in [2.45, 2.75) is 25.9 Å². The summed E-state index contributed by atoms with van der Waals surface area (Å²) in [5.74, 6) is -0.183. The van der Waals surface area contributed by atoms with E-state index in [1.54, 1.807) is 11.0 Å². The maximum atomic E-state index is 12.6. The summed E-state index contributed by atoms with van der Waals surface area (Å²) in [7, 11) is 0. The van der Waals surface area contributed by atoms with Crippen molar-refractivity contribution in [2.24, 2.45) is 0 Å². The zero-order valence-electron chi connectivity index (χ0n) is 15.3. The number of benzene rings is 2. The van der Waals surface area contributed by atoms with Gasteiger partial charge in [-0.25, -0.2) is 4.98 Å². The van der Waals surface area contributed by atoms with Gasteiger partial charge in [0.05, 0.1) is 15.1 Å². The van der Waals surface area contributed by atoms with Crippen LogP contribution in [-0.4, -0.2) is 39.9 Å². The van der Waals surface area contributed by atoms with Gasteiger partial charge in [0.25, 0.3) is 16.8 Å². The highest BCUT2D eigenvalue weighted by molar-refractivity contribution is 7.20. The van der Waals surface area contributed by atoms with E-state index >= 15 is 0 Å². The highest BCUT2D eigenvalue weighted by Gasteiger charge is 2.26. The van der Waals surface area contributed by atoms with E-state index in [9.17, 15) is 14.9 Å². The number of hydrogen-bond donors (Lipinski definition) is 0. The minimum Gasteiger partial charge on any atom is -0.467 e. The van der Waals surface area contributed by atoms with Crippen LogP contribution in [0.5, 0.6) is 5.19 Å². The lowest BCUT2D eigenvalue weighted by atomic mass is 10.1. The number of para-hydroxylation sites is 1. The number of carbonyl (C=O) groups is 1. The van der Waals surface area contributed by atoms with Gasteiger partial charge in [0.2, 0.25) is 0 Å². The normalized spacial score (nSPS) is 15.0. The van der Waals surface area contributed by atoms with Crippen LogP contribution in [0.1, 0.15) is 28.8 Å². The Balaban J connectivity index is 1.38. The number of thiazole rings is 1. The molecule has 0 spiro atoms. The Labute approximate surface area is 165 Å². The number of nitrogens with zero attached hydrogens (tertiary/aromatic N) is 3. The molecule has 1 aliphatic heterocycles. The van der Waals surface area contributed by atoms with E-state index in [1.807, 2.05) is 25.1 Å². The maximum absolute atomic E-state index is 12.6. The Morgan fingerprint density at radius 1 is 1.25 bits per heavy atom. The summed E-state index contributed by atoms with van der Waals surface area (Å²) >= 11 is 1.54. The van der Waals surface area contributed by atoms with Crippen molar-refractivity contribution >= 4 is 33.1 Å². The van der Waals surface area contributed by atoms with E-state index in [0.717, 1.165) is 15.8 Å². The number of amides is 1. The van der Waals surface area contributed by atoms with Crippen LogP contribution in [0.3, 0.4) is 0 Å². The number of likely N-dealkylation sites (tertiary alicyclic amines) is 1. The fraction of sp³-hybridized carbons (Fsp3) is 0.300. The number of ether oxygens (including phenoxy) is 1. The number of non-ortho nitro benzene ring substituents is 1. The summed E-state index contributed by atoms with van der Waals surface area (Å²) < 4.78 is 7.16. The van der Waals surface area contributed by atoms with E-state index in [4.69, 9.17) is 4.74 Å². The number of nitro groups is 1. The lowest BCUT2D eigenvalue weighted by Gasteiger charge is -2.31. The second-order valence-electron chi connectivity index (χ2n) is 6.82. The van der Waals surface area contributed by atoms with E-state index in [0.29, 0.717) is 36.7 Å². The molecule has 1 fully saturated rings.